The van der Waals surface area contributed by atoms with Gasteiger partial charge in [0.25, 0.3) is 0 Å². The zero-order valence-corrected chi connectivity index (χ0v) is 17.5. The molecule has 0 spiro atoms. The minimum atomic E-state index is -2.48. The Morgan fingerprint density at radius 2 is 1.42 bits per heavy atom. The number of ether oxygens (including phenoxy) is 2. The smallest absolute Gasteiger partial charge is 0.344 e. The Labute approximate surface area is 178 Å². The van der Waals surface area contributed by atoms with E-state index in [-0.39, 0.29) is 17.2 Å². The van der Waals surface area contributed by atoms with Gasteiger partial charge >= 0.3 is 17.9 Å². The molecule has 9 heteroatoms. The predicted molar refractivity (Wildman–Crippen MR) is 110 cm³/mol. The minimum absolute atomic E-state index is 0.0199. The quantitative estimate of drug-likeness (QED) is 0.329. The number of carbonyl (C=O) groups excluding carboxylic acids is 3. The molecule has 0 aliphatic carbocycles. The van der Waals surface area contributed by atoms with Crippen LogP contribution >= 0.6 is 0 Å². The molecule has 0 amide bonds. The maximum atomic E-state index is 12.9. The molecule has 0 fully saturated rings. The van der Waals surface area contributed by atoms with Crippen LogP contribution in [0.4, 0.5) is 11.4 Å². The first-order valence-corrected chi connectivity index (χ1v) is 9.67. The van der Waals surface area contributed by atoms with E-state index in [9.17, 15) is 19.5 Å². The Bertz CT molecular complexity index is 1140. The number of nitrogens with one attached hydrogen (secondary N) is 1. The lowest BCUT2D eigenvalue weighted by molar-refractivity contribution is -0.168. The predicted octanol–water partition coefficient (Wildman–Crippen LogP) is 2.39. The summed E-state index contributed by atoms with van der Waals surface area (Å²) in [6.45, 7) is 7.40. The van der Waals surface area contributed by atoms with E-state index in [4.69, 9.17) is 20.0 Å². The molecule has 3 heterocycles. The summed E-state index contributed by atoms with van der Waals surface area (Å²) in [6, 6.07) is 2.88. The summed E-state index contributed by atoms with van der Waals surface area (Å²) in [5.41, 5.74) is 11.1. The third kappa shape index (κ3) is 3.27. The van der Waals surface area contributed by atoms with Gasteiger partial charge < -0.3 is 25.2 Å². The van der Waals surface area contributed by atoms with Crippen molar-refractivity contribution in [2.45, 2.75) is 46.1 Å². The molecule has 5 rings (SSSR count). The largest absolute Gasteiger partial charge is 0.426 e. The molecule has 6 bridgehead atoms. The van der Waals surface area contributed by atoms with Crippen molar-refractivity contribution >= 4 is 29.3 Å². The Balaban J connectivity index is 2.15. The molecule has 9 nitrogen and oxygen atoms in total. The summed E-state index contributed by atoms with van der Waals surface area (Å²) in [7, 11) is 0. The summed E-state index contributed by atoms with van der Waals surface area (Å²) < 4.78 is 11.1. The van der Waals surface area contributed by atoms with Crippen molar-refractivity contribution < 1.29 is 33.8 Å². The third-order valence-electron chi connectivity index (χ3n) is 5.91. The average Bonchev–Trinajstić information content (AvgIpc) is 2.68. The fourth-order valence-corrected chi connectivity index (χ4v) is 4.04. The van der Waals surface area contributed by atoms with Gasteiger partial charge in [0.05, 0.1) is 24.1 Å². The first kappa shape index (κ1) is 20.7. The number of anilines is 2. The number of hydrogen-bond donors (Lipinski definition) is 3. The number of benzene rings is 2. The second-order valence-corrected chi connectivity index (χ2v) is 7.97. The fourth-order valence-electron chi connectivity index (χ4n) is 4.04. The van der Waals surface area contributed by atoms with Crippen LogP contribution in [0.2, 0.25) is 0 Å². The van der Waals surface area contributed by atoms with E-state index in [1.165, 1.54) is 12.1 Å². The molecule has 0 aromatic heterocycles. The van der Waals surface area contributed by atoms with Crippen LogP contribution in [0.15, 0.2) is 12.1 Å². The zero-order chi connectivity index (χ0) is 22.7. The molecule has 3 aliphatic heterocycles. The molecule has 31 heavy (non-hydrogen) atoms. The van der Waals surface area contributed by atoms with Crippen LogP contribution in [0.3, 0.4) is 0 Å². The maximum absolute atomic E-state index is 12.9. The molecule has 2 aromatic rings. The lowest BCUT2D eigenvalue weighted by Gasteiger charge is -2.23. The number of nitrogens with two attached hydrogens (primary N) is 1. The monoisotopic (exact) mass is 426 g/mol. The van der Waals surface area contributed by atoms with Crippen LogP contribution < -0.4 is 20.7 Å². The van der Waals surface area contributed by atoms with Crippen molar-refractivity contribution in [3.8, 4) is 22.6 Å². The van der Waals surface area contributed by atoms with E-state index >= 15 is 0 Å². The SMILES string of the molecule is Cc1c(C)c2c(C)c(C)c1NOC(=O)CC1(O)CC(=O)Oc3cc(N)cc(c3-2)OC1=O. The Morgan fingerprint density at radius 1 is 0.871 bits per heavy atom. The first-order chi connectivity index (χ1) is 14.5. The minimum Gasteiger partial charge on any atom is -0.426 e. The highest BCUT2D eigenvalue weighted by Gasteiger charge is 2.46. The molecule has 1 atom stereocenters. The number of fused-ring (bicyclic) bond motifs is 5. The van der Waals surface area contributed by atoms with Gasteiger partial charge in [0.1, 0.15) is 11.5 Å². The second kappa shape index (κ2) is 6.98. The Hall–Kier alpha value is -3.59. The first-order valence-electron chi connectivity index (χ1n) is 9.67. The molecule has 0 saturated carbocycles. The van der Waals surface area contributed by atoms with Crippen molar-refractivity contribution in [1.82, 2.24) is 0 Å². The molecule has 1 unspecified atom stereocenters. The van der Waals surface area contributed by atoms with Gasteiger partial charge in [-0.3, -0.25) is 4.79 Å². The highest BCUT2D eigenvalue weighted by atomic mass is 16.7. The fraction of sp³-hybridized carbons (Fsp3) is 0.318. The van der Waals surface area contributed by atoms with Gasteiger partial charge in [-0.1, -0.05) is 0 Å². The molecule has 4 N–H and O–H groups in total. The van der Waals surface area contributed by atoms with Crippen molar-refractivity contribution in [1.29, 1.82) is 0 Å². The lowest BCUT2D eigenvalue weighted by atomic mass is 9.87. The van der Waals surface area contributed by atoms with Gasteiger partial charge in [-0.15, -0.1) is 0 Å². The number of hydrogen-bond acceptors (Lipinski definition) is 9. The summed E-state index contributed by atoms with van der Waals surface area (Å²) >= 11 is 0. The van der Waals surface area contributed by atoms with E-state index in [1.54, 1.807) is 0 Å². The molecule has 162 valence electrons. The van der Waals surface area contributed by atoms with Crippen LogP contribution in [-0.4, -0.2) is 28.6 Å². The second-order valence-electron chi connectivity index (χ2n) is 7.97. The van der Waals surface area contributed by atoms with Crippen molar-refractivity contribution in [3.05, 3.63) is 34.4 Å². The van der Waals surface area contributed by atoms with Crippen molar-refractivity contribution in [2.24, 2.45) is 0 Å². The van der Waals surface area contributed by atoms with Gasteiger partial charge in [0.15, 0.2) is 5.60 Å². The van der Waals surface area contributed by atoms with Crippen LogP contribution in [0, 0.1) is 27.7 Å². The third-order valence-corrected chi connectivity index (χ3v) is 5.91. The number of carbonyl (C=O) groups is 3. The molecular weight excluding hydrogens is 404 g/mol. The molecule has 3 aliphatic rings. The topological polar surface area (TPSA) is 137 Å². The van der Waals surface area contributed by atoms with Crippen LogP contribution in [0.25, 0.3) is 11.1 Å². The number of aliphatic hydroxyl groups is 1. The van der Waals surface area contributed by atoms with Crippen LogP contribution in [0.1, 0.15) is 35.1 Å². The Morgan fingerprint density at radius 3 is 2.03 bits per heavy atom. The summed E-state index contributed by atoms with van der Waals surface area (Å²) in [6.07, 6.45) is -1.62. The molecule has 0 radical (unpaired) electrons. The molecule has 0 saturated heterocycles. The summed E-state index contributed by atoms with van der Waals surface area (Å²) in [5.74, 6) is -2.93. The summed E-state index contributed by atoms with van der Waals surface area (Å²) in [4.78, 5) is 43.1. The van der Waals surface area contributed by atoms with Crippen molar-refractivity contribution in [2.75, 3.05) is 11.2 Å². The average molecular weight is 426 g/mol. The van der Waals surface area contributed by atoms with Crippen LogP contribution in [-0.2, 0) is 19.2 Å². The number of rotatable bonds is 0. The zero-order valence-electron chi connectivity index (χ0n) is 17.5. The van der Waals surface area contributed by atoms with Gasteiger partial charge in [-0.25, -0.2) is 15.1 Å². The van der Waals surface area contributed by atoms with Gasteiger partial charge in [0, 0.05) is 17.8 Å². The summed E-state index contributed by atoms with van der Waals surface area (Å²) in [5, 5.41) is 10.9. The lowest BCUT2D eigenvalue weighted by Crippen LogP contribution is -2.46. The molecule has 2 aromatic carbocycles. The van der Waals surface area contributed by atoms with E-state index in [0.29, 0.717) is 16.8 Å². The number of nitrogen functional groups attached to an aromatic ring is 1. The standard InChI is InChI=1S/C22H22N2O7/c1-9-11(3)20-12(4)10(2)18(9)19-14-5-13(23)6-15(19)30-21(27)22(28,7-16(25)29-14)8-17(26)31-24-20/h5-6,24,28H,7-8,23H2,1-4H3. The van der Waals surface area contributed by atoms with E-state index in [2.05, 4.69) is 5.48 Å². The van der Waals surface area contributed by atoms with Crippen LogP contribution in [0.5, 0.6) is 11.5 Å². The highest BCUT2D eigenvalue weighted by molar-refractivity contribution is 5.97. The van der Waals surface area contributed by atoms with Gasteiger partial charge in [-0.05, 0) is 55.5 Å². The molecular formula is C22H22N2O7. The van der Waals surface area contributed by atoms with Gasteiger partial charge in [0.2, 0.25) is 0 Å². The normalized spacial score (nSPS) is 20.4. The van der Waals surface area contributed by atoms with Crippen molar-refractivity contribution in [3.63, 3.8) is 0 Å². The van der Waals surface area contributed by atoms with E-state index in [0.717, 1.165) is 22.3 Å². The maximum Gasteiger partial charge on any atom is 0.344 e. The Kier molecular flexibility index (Phi) is 4.66. The highest BCUT2D eigenvalue weighted by Crippen LogP contribution is 2.47. The number of esters is 2. The van der Waals surface area contributed by atoms with Gasteiger partial charge in [-0.2, -0.15) is 0 Å². The van der Waals surface area contributed by atoms with E-state index in [1.807, 2.05) is 27.7 Å². The van der Waals surface area contributed by atoms with E-state index < -0.39 is 36.4 Å².